The second kappa shape index (κ2) is 7.85. The molecule has 0 atom stereocenters. The van der Waals surface area contributed by atoms with Gasteiger partial charge in [0.1, 0.15) is 23.5 Å². The Morgan fingerprint density at radius 1 is 1.21 bits per heavy atom. The standard InChI is InChI=1S/C23H28N4O2/c1-5-17-6-7-21-19(13-17)20(14-29-21)23(28)26(4)18-8-10-27(11-9-18)22-12-15(2)24-16(3)25-22/h6-7,12-14,18H,5,8-11H2,1-4H3. The minimum absolute atomic E-state index is 0.0316. The maximum Gasteiger partial charge on any atom is 0.257 e. The molecule has 1 saturated heterocycles. The van der Waals surface area contributed by atoms with Crippen molar-refractivity contribution in [1.82, 2.24) is 14.9 Å². The summed E-state index contributed by atoms with van der Waals surface area (Å²) in [5, 5.41) is 0.908. The van der Waals surface area contributed by atoms with E-state index in [2.05, 4.69) is 33.9 Å². The molecular formula is C23H28N4O2. The third-order valence-corrected chi connectivity index (χ3v) is 5.89. The number of benzene rings is 1. The second-order valence-electron chi connectivity index (χ2n) is 7.88. The number of piperidine rings is 1. The molecule has 1 aliphatic heterocycles. The average Bonchev–Trinajstić information content (AvgIpc) is 3.15. The molecule has 0 aliphatic carbocycles. The van der Waals surface area contributed by atoms with Crippen LogP contribution in [0.4, 0.5) is 5.82 Å². The van der Waals surface area contributed by atoms with Gasteiger partial charge in [-0.2, -0.15) is 0 Å². The Hall–Kier alpha value is -2.89. The van der Waals surface area contributed by atoms with E-state index in [4.69, 9.17) is 4.42 Å². The van der Waals surface area contributed by atoms with Crippen LogP contribution in [0.25, 0.3) is 11.0 Å². The predicted molar refractivity (Wildman–Crippen MR) is 114 cm³/mol. The third-order valence-electron chi connectivity index (χ3n) is 5.89. The normalized spacial score (nSPS) is 15.1. The van der Waals surface area contributed by atoms with Crippen LogP contribution in [0.2, 0.25) is 0 Å². The maximum absolute atomic E-state index is 13.2. The van der Waals surface area contributed by atoms with Gasteiger partial charge in [-0.3, -0.25) is 4.79 Å². The summed E-state index contributed by atoms with van der Waals surface area (Å²) in [4.78, 5) is 26.3. The Morgan fingerprint density at radius 2 is 1.97 bits per heavy atom. The zero-order chi connectivity index (χ0) is 20.5. The van der Waals surface area contributed by atoms with Crippen LogP contribution in [0.1, 0.15) is 47.2 Å². The number of hydrogen-bond acceptors (Lipinski definition) is 5. The van der Waals surface area contributed by atoms with E-state index in [1.165, 1.54) is 5.56 Å². The Kier molecular flexibility index (Phi) is 5.26. The molecule has 0 N–H and O–H groups in total. The molecule has 0 unspecified atom stereocenters. The quantitative estimate of drug-likeness (QED) is 0.668. The highest BCUT2D eigenvalue weighted by Gasteiger charge is 2.28. The lowest BCUT2D eigenvalue weighted by atomic mass is 10.0. The van der Waals surface area contributed by atoms with Crippen molar-refractivity contribution in [2.75, 3.05) is 25.0 Å². The van der Waals surface area contributed by atoms with Gasteiger partial charge in [0, 0.05) is 43.3 Å². The molecule has 0 radical (unpaired) electrons. The van der Waals surface area contributed by atoms with Crippen molar-refractivity contribution < 1.29 is 9.21 Å². The summed E-state index contributed by atoms with van der Waals surface area (Å²) in [7, 11) is 1.91. The van der Waals surface area contributed by atoms with E-state index >= 15 is 0 Å². The van der Waals surface area contributed by atoms with Crippen molar-refractivity contribution >= 4 is 22.7 Å². The minimum atomic E-state index is 0.0316. The zero-order valence-electron chi connectivity index (χ0n) is 17.6. The first-order valence-corrected chi connectivity index (χ1v) is 10.3. The maximum atomic E-state index is 13.2. The molecular weight excluding hydrogens is 364 g/mol. The lowest BCUT2D eigenvalue weighted by Crippen LogP contribution is -2.46. The van der Waals surface area contributed by atoms with E-state index in [9.17, 15) is 4.79 Å². The molecule has 0 spiro atoms. The van der Waals surface area contributed by atoms with Crippen molar-refractivity contribution in [1.29, 1.82) is 0 Å². The highest BCUT2D eigenvalue weighted by molar-refractivity contribution is 6.06. The molecule has 1 aromatic carbocycles. The van der Waals surface area contributed by atoms with Crippen LogP contribution < -0.4 is 4.90 Å². The van der Waals surface area contributed by atoms with Gasteiger partial charge in [0.05, 0.1) is 5.56 Å². The molecule has 4 rings (SSSR count). The Labute approximate surface area is 171 Å². The molecule has 3 heterocycles. The van der Waals surface area contributed by atoms with Crippen LogP contribution >= 0.6 is 0 Å². The SMILES string of the molecule is CCc1ccc2occ(C(=O)N(C)C3CCN(c4cc(C)nc(C)n4)CC3)c2c1. The first kappa shape index (κ1) is 19.4. The van der Waals surface area contributed by atoms with Crippen molar-refractivity contribution in [2.45, 2.75) is 46.1 Å². The van der Waals surface area contributed by atoms with Crippen LogP contribution in [0.3, 0.4) is 0 Å². The molecule has 1 amide bonds. The number of carbonyl (C=O) groups excluding carboxylic acids is 1. The van der Waals surface area contributed by atoms with E-state index in [0.717, 1.165) is 60.7 Å². The van der Waals surface area contributed by atoms with Gasteiger partial charge >= 0.3 is 0 Å². The summed E-state index contributed by atoms with van der Waals surface area (Å²) in [6, 6.07) is 8.32. The predicted octanol–water partition coefficient (Wildman–Crippen LogP) is 4.14. The number of furan rings is 1. The smallest absolute Gasteiger partial charge is 0.257 e. The topological polar surface area (TPSA) is 62.5 Å². The average molecular weight is 393 g/mol. The zero-order valence-corrected chi connectivity index (χ0v) is 17.6. The Balaban J connectivity index is 1.47. The summed E-state index contributed by atoms with van der Waals surface area (Å²) in [5.74, 6) is 1.81. The second-order valence-corrected chi connectivity index (χ2v) is 7.88. The summed E-state index contributed by atoms with van der Waals surface area (Å²) >= 11 is 0. The molecule has 152 valence electrons. The van der Waals surface area contributed by atoms with Gasteiger partial charge in [0.15, 0.2) is 0 Å². The number of nitrogens with zero attached hydrogens (tertiary/aromatic N) is 4. The number of aromatic nitrogens is 2. The fraction of sp³-hybridized carbons (Fsp3) is 0.435. The highest BCUT2D eigenvalue weighted by Crippen LogP contribution is 2.27. The van der Waals surface area contributed by atoms with Crippen LogP contribution in [0, 0.1) is 13.8 Å². The summed E-state index contributed by atoms with van der Waals surface area (Å²) in [5.41, 5.74) is 3.62. The van der Waals surface area contributed by atoms with Crippen molar-refractivity contribution in [3.63, 3.8) is 0 Å². The van der Waals surface area contributed by atoms with Crippen LogP contribution in [0.15, 0.2) is 34.9 Å². The molecule has 0 saturated carbocycles. The van der Waals surface area contributed by atoms with E-state index in [-0.39, 0.29) is 11.9 Å². The molecule has 2 aromatic heterocycles. The lowest BCUT2D eigenvalue weighted by Gasteiger charge is -2.37. The number of amides is 1. The monoisotopic (exact) mass is 392 g/mol. The number of aryl methyl sites for hydroxylation is 3. The van der Waals surface area contributed by atoms with E-state index in [0.29, 0.717) is 5.56 Å². The van der Waals surface area contributed by atoms with Crippen LogP contribution in [-0.2, 0) is 6.42 Å². The van der Waals surface area contributed by atoms with Crippen LogP contribution in [0.5, 0.6) is 0 Å². The number of hydrogen-bond donors (Lipinski definition) is 0. The molecule has 29 heavy (non-hydrogen) atoms. The molecule has 1 aliphatic rings. The van der Waals surface area contributed by atoms with Gasteiger partial charge in [-0.05, 0) is 50.8 Å². The molecule has 3 aromatic rings. The van der Waals surface area contributed by atoms with Gasteiger partial charge < -0.3 is 14.2 Å². The fourth-order valence-electron chi connectivity index (χ4n) is 4.16. The Morgan fingerprint density at radius 3 is 2.66 bits per heavy atom. The number of carbonyl (C=O) groups is 1. The highest BCUT2D eigenvalue weighted by atomic mass is 16.3. The molecule has 0 bridgehead atoms. The lowest BCUT2D eigenvalue weighted by molar-refractivity contribution is 0.0710. The van der Waals surface area contributed by atoms with Gasteiger partial charge in [0.25, 0.3) is 5.91 Å². The third kappa shape index (κ3) is 3.84. The van der Waals surface area contributed by atoms with E-state index in [1.54, 1.807) is 6.26 Å². The largest absolute Gasteiger partial charge is 0.463 e. The fourth-order valence-corrected chi connectivity index (χ4v) is 4.16. The summed E-state index contributed by atoms with van der Waals surface area (Å²) < 4.78 is 5.63. The van der Waals surface area contributed by atoms with Crippen LogP contribution in [-0.4, -0.2) is 47.0 Å². The number of rotatable bonds is 4. The summed E-state index contributed by atoms with van der Waals surface area (Å²) in [6.07, 6.45) is 4.37. The van der Waals surface area contributed by atoms with Gasteiger partial charge in [0.2, 0.25) is 0 Å². The minimum Gasteiger partial charge on any atom is -0.463 e. The number of fused-ring (bicyclic) bond motifs is 1. The first-order valence-electron chi connectivity index (χ1n) is 10.3. The van der Waals surface area contributed by atoms with Gasteiger partial charge in [-0.15, -0.1) is 0 Å². The molecule has 6 heteroatoms. The number of anilines is 1. The molecule has 1 fully saturated rings. The van der Waals surface area contributed by atoms with Crippen molar-refractivity contribution in [3.05, 3.63) is 53.2 Å². The van der Waals surface area contributed by atoms with Gasteiger partial charge in [-0.1, -0.05) is 13.0 Å². The van der Waals surface area contributed by atoms with Crippen molar-refractivity contribution in [2.24, 2.45) is 0 Å². The van der Waals surface area contributed by atoms with E-state index in [1.807, 2.05) is 37.9 Å². The summed E-state index contributed by atoms with van der Waals surface area (Å²) in [6.45, 7) is 7.79. The van der Waals surface area contributed by atoms with Crippen molar-refractivity contribution in [3.8, 4) is 0 Å². The van der Waals surface area contributed by atoms with Gasteiger partial charge in [-0.25, -0.2) is 9.97 Å². The van der Waals surface area contributed by atoms with E-state index < -0.39 is 0 Å². The Bertz CT molecular complexity index is 1010. The first-order chi connectivity index (χ1) is 14.0. The molecule has 6 nitrogen and oxygen atoms in total.